The summed E-state index contributed by atoms with van der Waals surface area (Å²) in [4.78, 5) is 11.5. The Morgan fingerprint density at radius 1 is 1.29 bits per heavy atom. The van der Waals surface area contributed by atoms with Crippen LogP contribution < -0.4 is 5.32 Å². The Balaban J connectivity index is 0.00000288. The predicted octanol–water partition coefficient (Wildman–Crippen LogP) is 3.57. The number of aromatic nitrogens is 2. The van der Waals surface area contributed by atoms with Gasteiger partial charge in [0.15, 0.2) is 11.8 Å². The number of guanidine groups is 1. The van der Waals surface area contributed by atoms with Crippen molar-refractivity contribution in [1.29, 1.82) is 0 Å². The first kappa shape index (κ1) is 21.2. The number of likely N-dealkylation sites (tertiary alicyclic amines) is 1. The minimum atomic E-state index is -0.136. The molecule has 138 valence electrons. The fraction of sp³-hybridized carbons (Fsp3) is 0.824. The molecule has 6 nitrogen and oxygen atoms in total. The normalized spacial score (nSPS) is 19.5. The number of hydrogen-bond acceptors (Lipinski definition) is 4. The zero-order chi connectivity index (χ0) is 17.5. The fourth-order valence-corrected chi connectivity index (χ4v) is 2.56. The van der Waals surface area contributed by atoms with E-state index < -0.39 is 0 Å². The second kappa shape index (κ2) is 7.17. The molecule has 2 heterocycles. The highest BCUT2D eigenvalue weighted by atomic mass is 127. The molecule has 0 aromatic carbocycles. The van der Waals surface area contributed by atoms with Crippen LogP contribution in [0.1, 0.15) is 67.1 Å². The lowest BCUT2D eigenvalue weighted by atomic mass is 9.65. The fourth-order valence-electron chi connectivity index (χ4n) is 2.56. The van der Waals surface area contributed by atoms with E-state index in [1.807, 2.05) is 0 Å². The number of halogens is 1. The van der Waals surface area contributed by atoms with Gasteiger partial charge in [-0.15, -0.1) is 24.0 Å². The van der Waals surface area contributed by atoms with E-state index in [1.165, 1.54) is 0 Å². The summed E-state index contributed by atoms with van der Waals surface area (Å²) in [5, 5.41) is 7.42. The molecule has 0 saturated carbocycles. The Morgan fingerprint density at radius 2 is 1.92 bits per heavy atom. The molecule has 1 fully saturated rings. The number of nitrogens with one attached hydrogen (secondary N) is 1. The Morgan fingerprint density at radius 3 is 2.33 bits per heavy atom. The number of rotatable bonds is 3. The van der Waals surface area contributed by atoms with E-state index in [0.29, 0.717) is 18.3 Å². The predicted molar refractivity (Wildman–Crippen MR) is 108 cm³/mol. The first-order valence-corrected chi connectivity index (χ1v) is 8.38. The third-order valence-corrected chi connectivity index (χ3v) is 4.95. The van der Waals surface area contributed by atoms with Gasteiger partial charge < -0.3 is 14.7 Å². The second-order valence-electron chi connectivity index (χ2n) is 8.46. The topological polar surface area (TPSA) is 66.5 Å². The van der Waals surface area contributed by atoms with E-state index >= 15 is 0 Å². The van der Waals surface area contributed by atoms with Gasteiger partial charge in [-0.05, 0) is 20.8 Å². The Hall–Kier alpha value is -0.860. The van der Waals surface area contributed by atoms with Gasteiger partial charge >= 0.3 is 0 Å². The average molecular weight is 449 g/mol. The maximum absolute atomic E-state index is 5.33. The molecule has 0 spiro atoms. The standard InChI is InChI=1S/C17H31N5O.HI/c1-9-18-14(22-11-16(5,6)17(22,7)8)19-10-12-20-13(23-21-12)15(2,3)4;/h9-11H2,1-8H3,(H,18,19);1H. The Kier molecular flexibility index (Phi) is 6.33. The van der Waals surface area contributed by atoms with E-state index in [2.05, 4.69) is 75.7 Å². The van der Waals surface area contributed by atoms with E-state index in [0.717, 1.165) is 19.0 Å². The Bertz CT molecular complexity index is 586. The molecule has 7 heteroatoms. The molecule has 1 aromatic rings. The molecule has 2 rings (SSSR count). The van der Waals surface area contributed by atoms with Crippen molar-refractivity contribution in [2.75, 3.05) is 13.1 Å². The van der Waals surface area contributed by atoms with Gasteiger partial charge in [0.1, 0.15) is 6.54 Å². The van der Waals surface area contributed by atoms with E-state index in [1.54, 1.807) is 0 Å². The summed E-state index contributed by atoms with van der Waals surface area (Å²) in [6, 6.07) is 0. The van der Waals surface area contributed by atoms with Crippen molar-refractivity contribution < 1.29 is 4.52 Å². The third-order valence-electron chi connectivity index (χ3n) is 4.95. The zero-order valence-electron chi connectivity index (χ0n) is 16.2. The SMILES string of the molecule is CCNC(=NCc1noc(C(C)(C)C)n1)N1CC(C)(C)C1(C)C.I. The molecule has 24 heavy (non-hydrogen) atoms. The van der Waals surface area contributed by atoms with E-state index in [9.17, 15) is 0 Å². The minimum absolute atomic E-state index is 0. The first-order chi connectivity index (χ1) is 10.5. The van der Waals surface area contributed by atoms with Gasteiger partial charge in [-0.2, -0.15) is 4.98 Å². The molecular weight excluding hydrogens is 417 g/mol. The van der Waals surface area contributed by atoms with Crippen LogP contribution in [0.2, 0.25) is 0 Å². The van der Waals surface area contributed by atoms with Gasteiger partial charge in [-0.25, -0.2) is 4.99 Å². The highest BCUT2D eigenvalue weighted by molar-refractivity contribution is 14.0. The minimum Gasteiger partial charge on any atom is -0.356 e. The molecule has 0 amide bonds. The molecule has 1 aromatic heterocycles. The highest BCUT2D eigenvalue weighted by Crippen LogP contribution is 2.46. The van der Waals surface area contributed by atoms with Crippen LogP contribution in [0.25, 0.3) is 0 Å². The molecule has 1 aliphatic heterocycles. The molecular formula is C17H32IN5O. The van der Waals surface area contributed by atoms with Crippen molar-refractivity contribution >= 4 is 29.9 Å². The molecule has 1 aliphatic rings. The maximum Gasteiger partial charge on any atom is 0.232 e. The summed E-state index contributed by atoms with van der Waals surface area (Å²) in [5.41, 5.74) is 0.208. The summed E-state index contributed by atoms with van der Waals surface area (Å²) in [5.74, 6) is 2.19. The molecule has 0 atom stereocenters. The van der Waals surface area contributed by atoms with Crippen molar-refractivity contribution in [2.24, 2.45) is 10.4 Å². The van der Waals surface area contributed by atoms with Crippen LogP contribution >= 0.6 is 24.0 Å². The molecule has 1 N–H and O–H groups in total. The monoisotopic (exact) mass is 449 g/mol. The van der Waals surface area contributed by atoms with Crippen molar-refractivity contribution in [3.05, 3.63) is 11.7 Å². The van der Waals surface area contributed by atoms with Crippen molar-refractivity contribution in [3.63, 3.8) is 0 Å². The van der Waals surface area contributed by atoms with Crippen molar-refractivity contribution in [1.82, 2.24) is 20.4 Å². The van der Waals surface area contributed by atoms with Crippen LogP contribution in [0.15, 0.2) is 9.52 Å². The van der Waals surface area contributed by atoms with Crippen LogP contribution in [-0.4, -0.2) is 39.6 Å². The second-order valence-corrected chi connectivity index (χ2v) is 8.46. The van der Waals surface area contributed by atoms with Crippen LogP contribution in [-0.2, 0) is 12.0 Å². The van der Waals surface area contributed by atoms with Crippen LogP contribution in [0.4, 0.5) is 0 Å². The summed E-state index contributed by atoms with van der Waals surface area (Å²) in [6.45, 7) is 19.6. The number of hydrogen-bond donors (Lipinski definition) is 1. The molecule has 0 unspecified atom stereocenters. The molecule has 0 aliphatic carbocycles. The lowest BCUT2D eigenvalue weighted by Gasteiger charge is -2.62. The average Bonchev–Trinajstić information content (AvgIpc) is 2.90. The van der Waals surface area contributed by atoms with Crippen LogP contribution in [0.5, 0.6) is 0 Å². The summed E-state index contributed by atoms with van der Waals surface area (Å²) < 4.78 is 5.33. The maximum atomic E-state index is 5.33. The smallest absolute Gasteiger partial charge is 0.232 e. The largest absolute Gasteiger partial charge is 0.356 e. The zero-order valence-corrected chi connectivity index (χ0v) is 18.6. The highest BCUT2D eigenvalue weighted by Gasteiger charge is 2.53. The van der Waals surface area contributed by atoms with Crippen molar-refractivity contribution in [3.8, 4) is 0 Å². The van der Waals surface area contributed by atoms with Crippen LogP contribution in [0, 0.1) is 5.41 Å². The van der Waals surface area contributed by atoms with E-state index in [-0.39, 0.29) is 40.3 Å². The lowest BCUT2D eigenvalue weighted by Crippen LogP contribution is -2.72. The van der Waals surface area contributed by atoms with Gasteiger partial charge in [0.2, 0.25) is 5.89 Å². The summed E-state index contributed by atoms with van der Waals surface area (Å²) in [7, 11) is 0. The van der Waals surface area contributed by atoms with Gasteiger partial charge in [-0.3, -0.25) is 0 Å². The first-order valence-electron chi connectivity index (χ1n) is 8.38. The van der Waals surface area contributed by atoms with Gasteiger partial charge in [0.25, 0.3) is 0 Å². The third kappa shape index (κ3) is 4.03. The van der Waals surface area contributed by atoms with Gasteiger partial charge in [0.05, 0.1) is 0 Å². The quantitative estimate of drug-likeness (QED) is 0.434. The lowest BCUT2D eigenvalue weighted by molar-refractivity contribution is -0.0668. The Labute approximate surface area is 162 Å². The molecule has 0 bridgehead atoms. The molecule has 0 radical (unpaired) electrons. The molecule has 1 saturated heterocycles. The van der Waals surface area contributed by atoms with E-state index in [4.69, 9.17) is 9.52 Å². The summed E-state index contributed by atoms with van der Waals surface area (Å²) in [6.07, 6.45) is 0. The number of nitrogens with zero attached hydrogens (tertiary/aromatic N) is 4. The van der Waals surface area contributed by atoms with Crippen LogP contribution in [0.3, 0.4) is 0 Å². The van der Waals surface area contributed by atoms with Gasteiger partial charge in [0, 0.05) is 29.5 Å². The number of aliphatic imine (C=N–C) groups is 1. The van der Waals surface area contributed by atoms with Gasteiger partial charge in [-0.1, -0.05) is 39.8 Å². The van der Waals surface area contributed by atoms with Crippen molar-refractivity contribution in [2.45, 2.75) is 72.9 Å². The summed E-state index contributed by atoms with van der Waals surface area (Å²) >= 11 is 0.